The Hall–Kier alpha value is -2.48. The highest BCUT2D eigenvalue weighted by Crippen LogP contribution is 2.23. The molecule has 24 heavy (non-hydrogen) atoms. The number of hydrogen-bond donors (Lipinski definition) is 2. The Bertz CT molecular complexity index is 647. The zero-order valence-corrected chi connectivity index (χ0v) is 13.7. The summed E-state index contributed by atoms with van der Waals surface area (Å²) in [6.45, 7) is 3.38. The second-order valence-corrected chi connectivity index (χ2v) is 5.93. The molecule has 1 aromatic carbocycles. The van der Waals surface area contributed by atoms with Crippen LogP contribution < -0.4 is 11.1 Å². The first-order valence-electron chi connectivity index (χ1n) is 7.96. The number of piperidine rings is 1. The second-order valence-electron chi connectivity index (χ2n) is 5.93. The van der Waals surface area contributed by atoms with Crippen molar-refractivity contribution in [2.45, 2.75) is 19.8 Å². The van der Waals surface area contributed by atoms with Gasteiger partial charge in [-0.25, -0.2) is 0 Å². The van der Waals surface area contributed by atoms with Gasteiger partial charge in [0, 0.05) is 43.9 Å². The summed E-state index contributed by atoms with van der Waals surface area (Å²) in [6, 6.07) is 4.25. The number of non-ortho nitro benzene ring substituents is 1. The quantitative estimate of drug-likeness (QED) is 0.611. The molecule has 1 aromatic rings. The third-order valence-corrected chi connectivity index (χ3v) is 4.19. The van der Waals surface area contributed by atoms with E-state index in [9.17, 15) is 19.7 Å². The lowest BCUT2D eigenvalue weighted by Gasteiger charge is -2.32. The maximum absolute atomic E-state index is 12.7. The molecular formula is C16H22N4O4. The molecule has 1 saturated heterocycles. The van der Waals surface area contributed by atoms with Crippen LogP contribution in [0.5, 0.6) is 0 Å². The molecule has 0 spiro atoms. The summed E-state index contributed by atoms with van der Waals surface area (Å²) in [5.74, 6) is -0.644. The lowest BCUT2D eigenvalue weighted by molar-refractivity contribution is -0.384. The van der Waals surface area contributed by atoms with E-state index in [4.69, 9.17) is 5.73 Å². The number of nitrogens with one attached hydrogen (secondary N) is 1. The Kier molecular flexibility index (Phi) is 5.86. The number of nitrogens with zero attached hydrogens (tertiary/aromatic N) is 2. The number of likely N-dealkylation sites (tertiary alicyclic amines) is 1. The van der Waals surface area contributed by atoms with Gasteiger partial charge < -0.3 is 16.0 Å². The number of nitrogens with two attached hydrogens (primary N) is 1. The molecule has 1 fully saturated rings. The van der Waals surface area contributed by atoms with Crippen LogP contribution in [0.25, 0.3) is 0 Å². The molecule has 1 aliphatic heterocycles. The highest BCUT2D eigenvalue weighted by Gasteiger charge is 2.29. The summed E-state index contributed by atoms with van der Waals surface area (Å²) in [6.07, 6.45) is 1.44. The number of carbonyl (C=O) groups excluding carboxylic acids is 2. The third-order valence-electron chi connectivity index (χ3n) is 4.19. The van der Waals surface area contributed by atoms with Crippen LogP contribution in [-0.4, -0.2) is 47.8 Å². The van der Waals surface area contributed by atoms with E-state index >= 15 is 0 Å². The van der Waals surface area contributed by atoms with Crippen molar-refractivity contribution in [3.63, 3.8) is 0 Å². The third kappa shape index (κ3) is 4.08. The summed E-state index contributed by atoms with van der Waals surface area (Å²) in [4.78, 5) is 36.8. The molecule has 0 radical (unpaired) electrons. The van der Waals surface area contributed by atoms with E-state index in [0.29, 0.717) is 43.7 Å². The van der Waals surface area contributed by atoms with Gasteiger partial charge in [0.15, 0.2) is 0 Å². The summed E-state index contributed by atoms with van der Waals surface area (Å²) in [7, 11) is 0. The smallest absolute Gasteiger partial charge is 0.270 e. The fourth-order valence-corrected chi connectivity index (χ4v) is 2.84. The van der Waals surface area contributed by atoms with Crippen molar-refractivity contribution >= 4 is 17.5 Å². The molecule has 3 N–H and O–H groups in total. The molecular weight excluding hydrogens is 312 g/mol. The number of rotatable bonds is 5. The summed E-state index contributed by atoms with van der Waals surface area (Å²) < 4.78 is 0. The van der Waals surface area contributed by atoms with Crippen LogP contribution in [0.15, 0.2) is 18.2 Å². The zero-order valence-electron chi connectivity index (χ0n) is 13.7. The van der Waals surface area contributed by atoms with Crippen LogP contribution in [0.4, 0.5) is 5.69 Å². The zero-order chi connectivity index (χ0) is 17.7. The van der Waals surface area contributed by atoms with Gasteiger partial charge in [-0.3, -0.25) is 19.7 Å². The number of nitro groups is 1. The lowest BCUT2D eigenvalue weighted by Crippen LogP contribution is -2.46. The average Bonchev–Trinajstić information content (AvgIpc) is 2.59. The minimum Gasteiger partial charge on any atom is -0.355 e. The monoisotopic (exact) mass is 334 g/mol. The van der Waals surface area contributed by atoms with Crippen molar-refractivity contribution in [1.82, 2.24) is 10.2 Å². The van der Waals surface area contributed by atoms with Gasteiger partial charge in [-0.2, -0.15) is 0 Å². The van der Waals surface area contributed by atoms with Crippen LogP contribution in [0, 0.1) is 23.0 Å². The van der Waals surface area contributed by atoms with E-state index in [2.05, 4.69) is 5.32 Å². The van der Waals surface area contributed by atoms with Crippen LogP contribution in [0.2, 0.25) is 0 Å². The summed E-state index contributed by atoms with van der Waals surface area (Å²) in [5.41, 5.74) is 6.26. The van der Waals surface area contributed by atoms with E-state index in [1.807, 2.05) is 0 Å². The van der Waals surface area contributed by atoms with E-state index < -0.39 is 4.92 Å². The van der Waals surface area contributed by atoms with E-state index in [0.717, 1.165) is 6.42 Å². The molecule has 130 valence electrons. The number of aryl methyl sites for hydroxylation is 1. The number of benzene rings is 1. The van der Waals surface area contributed by atoms with Gasteiger partial charge in [-0.15, -0.1) is 0 Å². The molecule has 0 aliphatic carbocycles. The molecule has 8 heteroatoms. The SMILES string of the molecule is Cc1ccc([N+](=O)[O-])cc1C(=O)N1CCCC(C(=O)NCCN)C1. The Morgan fingerprint density at radius 3 is 2.88 bits per heavy atom. The molecule has 2 rings (SSSR count). The van der Waals surface area contributed by atoms with Crippen molar-refractivity contribution < 1.29 is 14.5 Å². The topological polar surface area (TPSA) is 119 Å². The van der Waals surface area contributed by atoms with E-state index in [1.54, 1.807) is 17.9 Å². The van der Waals surface area contributed by atoms with E-state index in [1.165, 1.54) is 12.1 Å². The molecule has 1 aliphatic rings. The van der Waals surface area contributed by atoms with Crippen LogP contribution in [-0.2, 0) is 4.79 Å². The first-order chi connectivity index (χ1) is 11.4. The van der Waals surface area contributed by atoms with E-state index in [-0.39, 0.29) is 23.4 Å². The van der Waals surface area contributed by atoms with Gasteiger partial charge in [0.2, 0.25) is 5.91 Å². The predicted molar refractivity (Wildman–Crippen MR) is 88.5 cm³/mol. The maximum atomic E-state index is 12.7. The molecule has 1 heterocycles. The average molecular weight is 334 g/mol. The first kappa shape index (κ1) is 17.9. The predicted octanol–water partition coefficient (Wildman–Crippen LogP) is 0.830. The first-order valence-corrected chi connectivity index (χ1v) is 7.96. The van der Waals surface area contributed by atoms with Crippen LogP contribution in [0.3, 0.4) is 0 Å². The number of nitro benzene ring substituents is 1. The van der Waals surface area contributed by atoms with Crippen molar-refractivity contribution in [3.05, 3.63) is 39.4 Å². The Labute approximate surface area is 140 Å². The highest BCUT2D eigenvalue weighted by molar-refractivity contribution is 5.96. The van der Waals surface area contributed by atoms with Gasteiger partial charge in [-0.1, -0.05) is 6.07 Å². The molecule has 0 bridgehead atoms. The van der Waals surface area contributed by atoms with Crippen LogP contribution >= 0.6 is 0 Å². The standard InChI is InChI=1S/C16H22N4O4/c1-11-4-5-13(20(23)24)9-14(11)16(22)19-8-2-3-12(10-19)15(21)18-7-6-17/h4-5,9,12H,2-3,6-8,10,17H2,1H3,(H,18,21). The molecule has 1 unspecified atom stereocenters. The second kappa shape index (κ2) is 7.87. The minimum absolute atomic E-state index is 0.103. The fourth-order valence-electron chi connectivity index (χ4n) is 2.84. The maximum Gasteiger partial charge on any atom is 0.270 e. The van der Waals surface area contributed by atoms with Gasteiger partial charge in [0.25, 0.3) is 11.6 Å². The minimum atomic E-state index is -0.518. The van der Waals surface area contributed by atoms with Gasteiger partial charge in [0.05, 0.1) is 10.8 Å². The van der Waals surface area contributed by atoms with Gasteiger partial charge >= 0.3 is 0 Å². The van der Waals surface area contributed by atoms with Crippen molar-refractivity contribution in [2.24, 2.45) is 11.7 Å². The normalized spacial score (nSPS) is 17.4. The Morgan fingerprint density at radius 1 is 1.46 bits per heavy atom. The Balaban J connectivity index is 2.13. The van der Waals surface area contributed by atoms with Gasteiger partial charge in [-0.05, 0) is 25.3 Å². The van der Waals surface area contributed by atoms with Crippen molar-refractivity contribution in [3.8, 4) is 0 Å². The van der Waals surface area contributed by atoms with Crippen LogP contribution in [0.1, 0.15) is 28.8 Å². The Morgan fingerprint density at radius 2 is 2.21 bits per heavy atom. The number of amides is 2. The fraction of sp³-hybridized carbons (Fsp3) is 0.500. The number of hydrogen-bond acceptors (Lipinski definition) is 5. The molecule has 0 saturated carbocycles. The molecule has 8 nitrogen and oxygen atoms in total. The molecule has 0 aromatic heterocycles. The molecule has 2 amide bonds. The van der Waals surface area contributed by atoms with Crippen molar-refractivity contribution in [2.75, 3.05) is 26.2 Å². The summed E-state index contributed by atoms with van der Waals surface area (Å²) >= 11 is 0. The summed E-state index contributed by atoms with van der Waals surface area (Å²) in [5, 5.41) is 13.7. The molecule has 1 atom stereocenters. The largest absolute Gasteiger partial charge is 0.355 e. The van der Waals surface area contributed by atoms with Crippen molar-refractivity contribution in [1.29, 1.82) is 0 Å². The number of carbonyl (C=O) groups is 2. The van der Waals surface area contributed by atoms with Gasteiger partial charge in [0.1, 0.15) is 0 Å². The highest BCUT2D eigenvalue weighted by atomic mass is 16.6. The lowest BCUT2D eigenvalue weighted by atomic mass is 9.96.